The number of anilines is 1. The fraction of sp³-hybridized carbons (Fsp3) is 0.478. The summed E-state index contributed by atoms with van der Waals surface area (Å²) in [6.45, 7) is -0.609. The number of methoxy groups -OCH3 is 1. The largest absolute Gasteiger partial charge is 0.479 e. The van der Waals surface area contributed by atoms with Gasteiger partial charge >= 0.3 is 6.18 Å². The Bertz CT molecular complexity index is 1590. The molecule has 10 nitrogen and oxygen atoms in total. The summed E-state index contributed by atoms with van der Waals surface area (Å²) in [5, 5.41) is 14.2. The van der Waals surface area contributed by atoms with Crippen molar-refractivity contribution in [3.8, 4) is 17.0 Å². The van der Waals surface area contributed by atoms with E-state index in [2.05, 4.69) is 25.7 Å². The smallest absolute Gasteiger partial charge is 0.408 e. The molecule has 3 aromatic heterocycles. The lowest BCUT2D eigenvalue weighted by Crippen LogP contribution is -2.61. The van der Waals surface area contributed by atoms with E-state index in [4.69, 9.17) is 13.6 Å². The van der Waals surface area contributed by atoms with Crippen LogP contribution in [0, 0.1) is 0 Å². The normalized spacial score (nSPS) is 22.1. The fourth-order valence-corrected chi connectivity index (χ4v) is 4.82. The number of likely N-dealkylation sites (tertiary alicyclic amines) is 1. The van der Waals surface area contributed by atoms with Gasteiger partial charge in [-0.3, -0.25) is 4.90 Å². The van der Waals surface area contributed by atoms with Crippen molar-refractivity contribution in [3.05, 3.63) is 30.5 Å². The zero-order valence-corrected chi connectivity index (χ0v) is 19.6. The molecule has 0 spiro atoms. The van der Waals surface area contributed by atoms with Gasteiger partial charge in [0.2, 0.25) is 11.8 Å². The van der Waals surface area contributed by atoms with Crippen molar-refractivity contribution < 1.29 is 35.5 Å². The summed E-state index contributed by atoms with van der Waals surface area (Å²) < 4.78 is 104. The van der Waals surface area contributed by atoms with E-state index in [1.807, 2.05) is 0 Å². The number of hydrogen-bond acceptors (Lipinski definition) is 8. The second-order valence-corrected chi connectivity index (χ2v) is 9.34. The molecule has 0 saturated carbocycles. The zero-order valence-electron chi connectivity index (χ0n) is 22.6. The zero-order chi connectivity index (χ0) is 29.2. The molecule has 2 aliphatic rings. The van der Waals surface area contributed by atoms with E-state index < -0.39 is 44.1 Å². The minimum absolute atomic E-state index is 0.0471. The molecule has 0 amide bonds. The molecule has 0 bridgehead atoms. The molecule has 1 N–H and O–H groups in total. The Morgan fingerprint density at radius 1 is 1.26 bits per heavy atom. The van der Waals surface area contributed by atoms with Crippen molar-refractivity contribution >= 4 is 22.5 Å². The summed E-state index contributed by atoms with van der Waals surface area (Å²) in [6, 6.07) is 4.62. The maximum absolute atomic E-state index is 15.1. The summed E-state index contributed by atoms with van der Waals surface area (Å²) in [7, 11) is -2.95. The number of nitrogens with one attached hydrogen (secondary N) is 1. The van der Waals surface area contributed by atoms with Gasteiger partial charge < -0.3 is 14.8 Å². The van der Waals surface area contributed by atoms with Gasteiger partial charge in [-0.2, -0.15) is 18.2 Å². The van der Waals surface area contributed by atoms with Crippen molar-refractivity contribution in [2.24, 2.45) is 0 Å². The van der Waals surface area contributed by atoms with Gasteiger partial charge in [0.05, 0.1) is 48.5 Å². The lowest BCUT2D eigenvalue weighted by Gasteiger charge is -2.44. The van der Waals surface area contributed by atoms with E-state index in [0.29, 0.717) is 35.6 Å². The molecular formula is C23H23F5N8O2. The molecule has 2 aliphatic heterocycles. The van der Waals surface area contributed by atoms with Crippen molar-refractivity contribution in [1.82, 2.24) is 34.5 Å². The molecule has 15 heteroatoms. The predicted molar refractivity (Wildman–Crippen MR) is 125 cm³/mol. The average molecular weight is 541 g/mol. The first kappa shape index (κ1) is 21.4. The van der Waals surface area contributed by atoms with E-state index in [1.165, 1.54) is 28.9 Å². The highest BCUT2D eigenvalue weighted by Gasteiger charge is 2.47. The number of piperidine rings is 1. The van der Waals surface area contributed by atoms with Crippen molar-refractivity contribution in [2.75, 3.05) is 38.7 Å². The number of benzene rings is 1. The number of aromatic nitrogens is 6. The number of hydrogen-bond donors (Lipinski definition) is 1. The second-order valence-electron chi connectivity index (χ2n) is 9.34. The first-order valence-electron chi connectivity index (χ1n) is 13.2. The molecule has 6 rings (SSSR count). The van der Waals surface area contributed by atoms with Crippen LogP contribution in [-0.2, 0) is 11.3 Å². The van der Waals surface area contributed by atoms with Crippen LogP contribution in [0.1, 0.15) is 10.5 Å². The minimum atomic E-state index is -4.53. The molecule has 1 unspecified atom stereocenters. The van der Waals surface area contributed by atoms with Crippen LogP contribution in [0.5, 0.6) is 5.88 Å². The van der Waals surface area contributed by atoms with Gasteiger partial charge in [-0.25, -0.2) is 18.0 Å². The summed E-state index contributed by atoms with van der Waals surface area (Å²) in [5.41, 5.74) is 1.11. The Balaban J connectivity index is 1.35. The topological polar surface area (TPSA) is 94.6 Å². The Morgan fingerprint density at radius 3 is 2.82 bits per heavy atom. The van der Waals surface area contributed by atoms with Gasteiger partial charge in [-0.1, -0.05) is 11.3 Å². The van der Waals surface area contributed by atoms with Gasteiger partial charge in [0, 0.05) is 18.3 Å². The van der Waals surface area contributed by atoms with Gasteiger partial charge in [-0.05, 0) is 30.2 Å². The molecule has 4 aromatic rings. The monoisotopic (exact) mass is 541 g/mol. The average Bonchev–Trinajstić information content (AvgIpc) is 3.41. The van der Waals surface area contributed by atoms with Crippen LogP contribution >= 0.6 is 0 Å². The first-order chi connectivity index (χ1) is 19.3. The third-order valence-corrected chi connectivity index (χ3v) is 6.80. The maximum atomic E-state index is 15.1. The van der Waals surface area contributed by atoms with E-state index >= 15 is 8.78 Å². The molecule has 1 aromatic carbocycles. The number of rotatable bonds is 6. The first-order valence-corrected chi connectivity index (χ1v) is 11.7. The van der Waals surface area contributed by atoms with Crippen LogP contribution in [-0.4, -0.2) is 92.0 Å². The number of alkyl halides is 5. The molecule has 2 fully saturated rings. The maximum Gasteiger partial charge on any atom is 0.408 e. The van der Waals surface area contributed by atoms with E-state index in [-0.39, 0.29) is 35.0 Å². The molecule has 202 valence electrons. The Labute approximate surface area is 216 Å². The molecule has 38 heavy (non-hydrogen) atoms. The van der Waals surface area contributed by atoms with Crippen LogP contribution in [0.25, 0.3) is 27.7 Å². The Morgan fingerprint density at radius 2 is 2.11 bits per heavy atom. The molecule has 1 atom stereocenters. The molecule has 0 aliphatic carbocycles. The van der Waals surface area contributed by atoms with Crippen LogP contribution in [0.2, 0.25) is 0 Å². The summed E-state index contributed by atoms with van der Waals surface area (Å²) in [4.78, 5) is 5.81. The van der Waals surface area contributed by atoms with Crippen LogP contribution in [0.3, 0.4) is 0 Å². The van der Waals surface area contributed by atoms with Crippen LogP contribution in [0.4, 0.5) is 27.9 Å². The van der Waals surface area contributed by atoms with Gasteiger partial charge in [0.25, 0.3) is 5.92 Å². The van der Waals surface area contributed by atoms with E-state index in [9.17, 15) is 13.2 Å². The number of ether oxygens (including phenoxy) is 2. The predicted octanol–water partition coefficient (Wildman–Crippen LogP) is 3.23. The van der Waals surface area contributed by atoms with E-state index in [0.717, 1.165) is 0 Å². The number of halogens is 5. The molecular weight excluding hydrogens is 515 g/mol. The third kappa shape index (κ3) is 4.49. The van der Waals surface area contributed by atoms with Crippen molar-refractivity contribution in [3.63, 3.8) is 0 Å². The SMILES string of the molecule is [2H]C([2H])([2H])Oc1nc(NC2CCN(C3COC3)CC2(F)F)nn2ccc(-c3ccc4nnn(CC(F)(F)F)c4c3)c12. The Hall–Kier alpha value is -3.59. The highest BCUT2D eigenvalue weighted by atomic mass is 19.4. The van der Waals surface area contributed by atoms with Gasteiger partial charge in [0.15, 0.2) is 0 Å². The van der Waals surface area contributed by atoms with Crippen molar-refractivity contribution in [1.29, 1.82) is 0 Å². The molecule has 5 heterocycles. The highest BCUT2D eigenvalue weighted by molar-refractivity contribution is 5.89. The number of nitrogens with zero attached hydrogens (tertiary/aromatic N) is 7. The van der Waals surface area contributed by atoms with Crippen LogP contribution in [0.15, 0.2) is 30.5 Å². The van der Waals surface area contributed by atoms with Crippen molar-refractivity contribution in [2.45, 2.75) is 37.1 Å². The number of fused-ring (bicyclic) bond motifs is 2. The van der Waals surface area contributed by atoms with Gasteiger partial charge in [0.1, 0.15) is 17.6 Å². The molecule has 0 radical (unpaired) electrons. The van der Waals surface area contributed by atoms with E-state index in [1.54, 1.807) is 11.0 Å². The summed E-state index contributed by atoms with van der Waals surface area (Å²) >= 11 is 0. The quantitative estimate of drug-likeness (QED) is 0.372. The second kappa shape index (κ2) is 9.01. The summed E-state index contributed by atoms with van der Waals surface area (Å²) in [6.07, 6.45) is -3.01. The van der Waals surface area contributed by atoms with Crippen LogP contribution < -0.4 is 10.1 Å². The minimum Gasteiger partial charge on any atom is -0.479 e. The van der Waals surface area contributed by atoms with Gasteiger partial charge in [-0.15, -0.1) is 10.2 Å². The lowest BCUT2D eigenvalue weighted by molar-refractivity contribution is -0.142. The lowest BCUT2D eigenvalue weighted by atomic mass is 9.98. The third-order valence-electron chi connectivity index (χ3n) is 6.80. The fourth-order valence-electron chi connectivity index (χ4n) is 4.82. The molecule has 2 saturated heterocycles. The summed E-state index contributed by atoms with van der Waals surface area (Å²) in [5.74, 6) is -3.83. The standard InChI is InChI=1S/C23H23F5N8O2/c1-37-20-19-15(13-2-3-16-17(8-13)36(33-31-16)12-23(26,27)28)4-7-35(19)32-21(30-20)29-18-5-6-34(11-22(18,24)25)14-9-38-10-14/h2-4,7-8,14,18H,5-6,9-12H2,1H3,(H,29,32)/i1D3. The highest BCUT2D eigenvalue weighted by Crippen LogP contribution is 2.35. The Kier molecular flexibility index (Phi) is 5.06.